The first-order valence-electron chi connectivity index (χ1n) is 11.8. The second-order valence-corrected chi connectivity index (χ2v) is 10.8. The smallest absolute Gasteiger partial charge is 0.254 e. The monoisotopic (exact) mass is 528 g/mol. The van der Waals surface area contributed by atoms with Crippen LogP contribution in [-0.2, 0) is 9.59 Å². The molecule has 1 aliphatic heterocycles. The van der Waals surface area contributed by atoms with E-state index in [0.717, 1.165) is 32.9 Å². The van der Waals surface area contributed by atoms with Crippen LogP contribution in [0.15, 0.2) is 81.8 Å². The maximum Gasteiger partial charge on any atom is 0.254 e. The zero-order chi connectivity index (χ0) is 26.5. The Bertz CT molecular complexity index is 1450. The molecule has 37 heavy (non-hydrogen) atoms. The fourth-order valence-electron chi connectivity index (χ4n) is 4.18. The van der Waals surface area contributed by atoms with E-state index in [-0.39, 0.29) is 17.6 Å². The quantitative estimate of drug-likeness (QED) is 0.331. The van der Waals surface area contributed by atoms with E-state index in [1.54, 1.807) is 0 Å². The number of carbonyl (C=O) groups excluding carboxylic acids is 2. The minimum absolute atomic E-state index is 0.121. The van der Waals surface area contributed by atoms with Crippen LogP contribution in [0.5, 0.6) is 0 Å². The Labute approximate surface area is 225 Å². The predicted molar refractivity (Wildman–Crippen MR) is 152 cm³/mol. The first-order chi connectivity index (χ1) is 17.8. The minimum Gasteiger partial charge on any atom is -0.353 e. The molecule has 8 heteroatoms. The fraction of sp³-hybridized carbons (Fsp3) is 0.207. The van der Waals surface area contributed by atoms with Gasteiger partial charge in [-0.1, -0.05) is 48.2 Å². The van der Waals surface area contributed by atoms with Crippen LogP contribution in [0.2, 0.25) is 0 Å². The van der Waals surface area contributed by atoms with Crippen LogP contribution in [-0.4, -0.2) is 17.6 Å². The van der Waals surface area contributed by atoms with Crippen molar-refractivity contribution in [1.82, 2.24) is 5.32 Å². The number of allylic oxidation sites excluding steroid dienone is 2. The predicted octanol–water partition coefficient (Wildman–Crippen LogP) is 6.38. The molecule has 3 N–H and O–H groups in total. The van der Waals surface area contributed by atoms with Gasteiger partial charge in [0.05, 0.1) is 28.3 Å². The van der Waals surface area contributed by atoms with Crippen molar-refractivity contribution in [2.75, 3.05) is 16.4 Å². The average Bonchev–Trinajstić information content (AvgIpc) is 3.41. The summed E-state index contributed by atoms with van der Waals surface area (Å²) in [4.78, 5) is 27.2. The molecule has 4 rings (SSSR count). The molecule has 2 amide bonds. The molecule has 1 atom stereocenters. The number of thiophene rings is 1. The Kier molecular flexibility index (Phi) is 8.17. The first-order valence-corrected chi connectivity index (χ1v) is 13.7. The van der Waals surface area contributed by atoms with Gasteiger partial charge in [-0.05, 0) is 68.0 Å². The lowest BCUT2D eigenvalue weighted by molar-refractivity contribution is -0.114. The van der Waals surface area contributed by atoms with Crippen LogP contribution < -0.4 is 16.0 Å². The molecule has 1 aliphatic rings. The normalized spacial score (nSPS) is 15.2. The number of hydrogen-bond acceptors (Lipinski definition) is 6. The summed E-state index contributed by atoms with van der Waals surface area (Å²) in [6.45, 7) is 7.74. The van der Waals surface area contributed by atoms with Gasteiger partial charge >= 0.3 is 0 Å². The van der Waals surface area contributed by atoms with Crippen LogP contribution in [0.4, 0.5) is 11.4 Å². The van der Waals surface area contributed by atoms with Gasteiger partial charge in [0, 0.05) is 27.5 Å². The van der Waals surface area contributed by atoms with Crippen molar-refractivity contribution in [3.05, 3.63) is 103 Å². The summed E-state index contributed by atoms with van der Waals surface area (Å²) < 4.78 is 0. The Hall–Kier alpha value is -3.80. The van der Waals surface area contributed by atoms with Crippen molar-refractivity contribution in [1.29, 1.82) is 5.26 Å². The maximum atomic E-state index is 13.5. The molecule has 0 aliphatic carbocycles. The molecule has 0 saturated carbocycles. The zero-order valence-corrected chi connectivity index (χ0v) is 22.8. The number of rotatable bonds is 7. The molecule has 3 aromatic rings. The number of para-hydroxylation sites is 1. The highest BCUT2D eigenvalue weighted by Gasteiger charge is 2.35. The van der Waals surface area contributed by atoms with Crippen LogP contribution in [0.3, 0.4) is 0 Å². The minimum atomic E-state index is -0.528. The standard InChI is InChI=1S/C29H28N4O2S2/c1-17-10-7-12-23(19(17)3)32-25(34)16-37-29-21(15-30)27(24-13-8-14-36-24)26(20(4)31-29)28(35)33-22-11-6-5-9-18(22)2/h5-14,27,31H,16H2,1-4H3,(H,32,34)(H,33,35)/t27-/m1/s1. The van der Waals surface area contributed by atoms with Gasteiger partial charge in [0.2, 0.25) is 5.91 Å². The SMILES string of the molecule is CC1=C(C(=O)Nc2ccccc2C)[C@@H](c2cccs2)C(C#N)=C(SCC(=O)Nc2cccc(C)c2C)N1. The molecule has 2 aromatic carbocycles. The molecule has 2 heterocycles. The summed E-state index contributed by atoms with van der Waals surface area (Å²) in [5, 5.41) is 21.9. The third-order valence-corrected chi connectivity index (χ3v) is 8.29. The van der Waals surface area contributed by atoms with Crippen molar-refractivity contribution >= 4 is 46.3 Å². The lowest BCUT2D eigenvalue weighted by atomic mass is 9.86. The largest absolute Gasteiger partial charge is 0.353 e. The molecule has 0 saturated heterocycles. The molecular weight excluding hydrogens is 500 g/mol. The van der Waals surface area contributed by atoms with Crippen LogP contribution in [0.25, 0.3) is 0 Å². The summed E-state index contributed by atoms with van der Waals surface area (Å²) in [6, 6.07) is 19.5. The van der Waals surface area contributed by atoms with E-state index in [4.69, 9.17) is 0 Å². The van der Waals surface area contributed by atoms with Gasteiger partial charge in [0.15, 0.2) is 0 Å². The fourth-order valence-corrected chi connectivity index (χ4v) is 5.92. The zero-order valence-electron chi connectivity index (χ0n) is 21.1. The molecule has 0 radical (unpaired) electrons. The number of aryl methyl sites for hydroxylation is 2. The van der Waals surface area contributed by atoms with E-state index < -0.39 is 5.92 Å². The molecule has 6 nitrogen and oxygen atoms in total. The molecular formula is C29H28N4O2S2. The second-order valence-electron chi connectivity index (χ2n) is 8.82. The highest BCUT2D eigenvalue weighted by Crippen LogP contribution is 2.42. The third-order valence-electron chi connectivity index (χ3n) is 6.34. The lowest BCUT2D eigenvalue weighted by Crippen LogP contribution is -2.31. The molecule has 0 bridgehead atoms. The number of nitrogens with zero attached hydrogens (tertiary/aromatic N) is 1. The number of benzene rings is 2. The van der Waals surface area contributed by atoms with Gasteiger partial charge < -0.3 is 16.0 Å². The van der Waals surface area contributed by atoms with E-state index in [9.17, 15) is 14.9 Å². The van der Waals surface area contributed by atoms with Crippen molar-refractivity contribution < 1.29 is 9.59 Å². The summed E-state index contributed by atoms with van der Waals surface area (Å²) >= 11 is 2.76. The number of carbonyl (C=O) groups is 2. The van der Waals surface area contributed by atoms with E-state index in [2.05, 4.69) is 22.0 Å². The number of thioether (sulfide) groups is 1. The molecule has 0 fully saturated rings. The second kappa shape index (κ2) is 11.5. The van der Waals surface area contributed by atoms with Crippen molar-refractivity contribution in [3.8, 4) is 6.07 Å². The lowest BCUT2D eigenvalue weighted by Gasteiger charge is -2.29. The van der Waals surface area contributed by atoms with E-state index in [1.807, 2.05) is 87.7 Å². The summed E-state index contributed by atoms with van der Waals surface area (Å²) in [6.07, 6.45) is 0. The molecule has 188 valence electrons. The highest BCUT2D eigenvalue weighted by atomic mass is 32.2. The molecule has 0 unspecified atom stereocenters. The van der Waals surface area contributed by atoms with Gasteiger partial charge in [-0.25, -0.2) is 0 Å². The Balaban J connectivity index is 1.59. The number of hydrogen-bond donors (Lipinski definition) is 3. The van der Waals surface area contributed by atoms with Crippen LogP contribution in [0, 0.1) is 32.1 Å². The average molecular weight is 529 g/mol. The van der Waals surface area contributed by atoms with Gasteiger partial charge in [-0.15, -0.1) is 11.3 Å². The number of nitrogens with one attached hydrogen (secondary N) is 3. The number of nitriles is 1. The first kappa shape index (κ1) is 26.3. The van der Waals surface area contributed by atoms with Crippen molar-refractivity contribution in [2.24, 2.45) is 0 Å². The van der Waals surface area contributed by atoms with Crippen molar-refractivity contribution in [3.63, 3.8) is 0 Å². The third kappa shape index (κ3) is 5.79. The summed E-state index contributed by atoms with van der Waals surface area (Å²) in [5.74, 6) is -0.833. The van der Waals surface area contributed by atoms with Gasteiger partial charge in [-0.2, -0.15) is 5.26 Å². The highest BCUT2D eigenvalue weighted by molar-refractivity contribution is 8.03. The maximum absolute atomic E-state index is 13.5. The number of amides is 2. The molecule has 0 spiro atoms. The Morgan fingerprint density at radius 1 is 0.973 bits per heavy atom. The number of dihydropyridines is 1. The van der Waals surface area contributed by atoms with Gasteiger partial charge in [0.25, 0.3) is 5.91 Å². The van der Waals surface area contributed by atoms with E-state index in [0.29, 0.717) is 21.9 Å². The Morgan fingerprint density at radius 2 is 1.70 bits per heavy atom. The van der Waals surface area contributed by atoms with Gasteiger partial charge in [0.1, 0.15) is 0 Å². The van der Waals surface area contributed by atoms with Crippen LogP contribution >= 0.6 is 23.1 Å². The van der Waals surface area contributed by atoms with E-state index >= 15 is 0 Å². The van der Waals surface area contributed by atoms with E-state index in [1.165, 1.54) is 23.1 Å². The van der Waals surface area contributed by atoms with Gasteiger partial charge in [-0.3, -0.25) is 9.59 Å². The van der Waals surface area contributed by atoms with Crippen LogP contribution in [0.1, 0.15) is 34.4 Å². The van der Waals surface area contributed by atoms with Crippen molar-refractivity contribution in [2.45, 2.75) is 33.6 Å². The Morgan fingerprint density at radius 3 is 2.41 bits per heavy atom. The number of anilines is 2. The summed E-state index contributed by atoms with van der Waals surface area (Å²) in [5.41, 5.74) is 6.15. The topological polar surface area (TPSA) is 94.0 Å². The summed E-state index contributed by atoms with van der Waals surface area (Å²) in [7, 11) is 0. The molecule has 1 aromatic heterocycles.